The number of anilines is 1. The van der Waals surface area contributed by atoms with Gasteiger partial charge in [0.15, 0.2) is 4.96 Å². The van der Waals surface area contributed by atoms with E-state index in [9.17, 15) is 8.78 Å². The first-order valence-electron chi connectivity index (χ1n) is 6.17. The van der Waals surface area contributed by atoms with Gasteiger partial charge in [-0.05, 0) is 26.0 Å². The van der Waals surface area contributed by atoms with Crippen LogP contribution in [0.2, 0.25) is 0 Å². The molecule has 1 N–H and O–H groups in total. The summed E-state index contributed by atoms with van der Waals surface area (Å²) >= 11 is 1.58. The van der Waals surface area contributed by atoms with Gasteiger partial charge < -0.3 is 5.32 Å². The molecule has 0 radical (unpaired) electrons. The van der Waals surface area contributed by atoms with E-state index in [2.05, 4.69) is 14.7 Å². The zero-order valence-corrected chi connectivity index (χ0v) is 11.9. The van der Waals surface area contributed by atoms with Gasteiger partial charge in [0.25, 0.3) is 0 Å². The molecule has 0 saturated heterocycles. The van der Waals surface area contributed by atoms with Gasteiger partial charge in [0.1, 0.15) is 11.6 Å². The van der Waals surface area contributed by atoms with Crippen LogP contribution in [0.5, 0.6) is 0 Å². The second-order valence-electron chi connectivity index (χ2n) is 4.62. The summed E-state index contributed by atoms with van der Waals surface area (Å²) in [5, 5.41) is 5.03. The highest BCUT2D eigenvalue weighted by atomic mass is 32.1. The smallest absolute Gasteiger partial charge is 0.194 e. The number of thiazole rings is 1. The van der Waals surface area contributed by atoms with E-state index in [0.717, 1.165) is 28.1 Å². The molecule has 3 rings (SSSR count). The van der Waals surface area contributed by atoms with E-state index < -0.39 is 11.6 Å². The lowest BCUT2D eigenvalue weighted by Gasteiger charge is -2.08. The average Bonchev–Trinajstić information content (AvgIpc) is 2.89. The molecule has 0 unspecified atom stereocenters. The minimum absolute atomic E-state index is 0.286. The van der Waals surface area contributed by atoms with Crippen molar-refractivity contribution in [3.8, 4) is 0 Å². The van der Waals surface area contributed by atoms with Gasteiger partial charge in [-0.15, -0.1) is 11.3 Å². The molecule has 0 bridgehead atoms. The van der Waals surface area contributed by atoms with Crippen molar-refractivity contribution in [2.45, 2.75) is 20.4 Å². The first kappa shape index (κ1) is 13.1. The summed E-state index contributed by atoms with van der Waals surface area (Å²) in [6, 6.07) is 3.51. The number of nitrogens with one attached hydrogen (secondary N) is 1. The lowest BCUT2D eigenvalue weighted by molar-refractivity contribution is 0.585. The highest BCUT2D eigenvalue weighted by Gasteiger charge is 2.12. The molecule has 2 heterocycles. The number of halogens is 2. The van der Waals surface area contributed by atoms with Crippen LogP contribution in [0.4, 0.5) is 14.5 Å². The van der Waals surface area contributed by atoms with Crippen LogP contribution in [0.15, 0.2) is 23.6 Å². The summed E-state index contributed by atoms with van der Waals surface area (Å²) < 4.78 is 28.5. The van der Waals surface area contributed by atoms with Crippen molar-refractivity contribution in [2.24, 2.45) is 0 Å². The third kappa shape index (κ3) is 2.16. The maximum atomic E-state index is 13.6. The predicted molar refractivity (Wildman–Crippen MR) is 76.2 cm³/mol. The Morgan fingerprint density at radius 3 is 2.85 bits per heavy atom. The summed E-state index contributed by atoms with van der Waals surface area (Å²) in [4.78, 5) is 5.40. The minimum atomic E-state index is -0.592. The number of aryl methyl sites for hydroxylation is 2. The van der Waals surface area contributed by atoms with Gasteiger partial charge in [0, 0.05) is 17.1 Å². The summed E-state index contributed by atoms with van der Waals surface area (Å²) in [6.45, 7) is 4.37. The Kier molecular flexibility index (Phi) is 3.17. The Bertz CT molecular complexity index is 776. The average molecular weight is 293 g/mol. The van der Waals surface area contributed by atoms with Gasteiger partial charge in [0.2, 0.25) is 0 Å². The lowest BCUT2D eigenvalue weighted by atomic mass is 10.2. The van der Waals surface area contributed by atoms with Crippen molar-refractivity contribution >= 4 is 22.0 Å². The number of fused-ring (bicyclic) bond motifs is 1. The number of hydrogen-bond acceptors (Lipinski definition) is 3. The molecular formula is C14H13F2N3S. The molecule has 104 valence electrons. The van der Waals surface area contributed by atoms with Crippen molar-refractivity contribution in [1.29, 1.82) is 0 Å². The third-order valence-electron chi connectivity index (χ3n) is 3.21. The second kappa shape index (κ2) is 4.86. The summed E-state index contributed by atoms with van der Waals surface area (Å²) in [6.07, 6.45) is 0. The molecular weight excluding hydrogens is 280 g/mol. The first-order valence-corrected chi connectivity index (χ1v) is 7.05. The SMILES string of the molecule is Cc1nc2scc(C)n2c1CNc1ccc(F)cc1F. The molecule has 2 aromatic heterocycles. The van der Waals surface area contributed by atoms with Gasteiger partial charge in [-0.3, -0.25) is 4.40 Å². The molecule has 3 nitrogen and oxygen atoms in total. The Hall–Kier alpha value is -1.95. The van der Waals surface area contributed by atoms with E-state index in [1.807, 2.05) is 19.2 Å². The van der Waals surface area contributed by atoms with Crippen LogP contribution in [-0.2, 0) is 6.54 Å². The van der Waals surface area contributed by atoms with Crippen LogP contribution < -0.4 is 5.32 Å². The number of imidazole rings is 1. The first-order chi connectivity index (χ1) is 9.56. The maximum absolute atomic E-state index is 13.6. The summed E-state index contributed by atoms with van der Waals surface area (Å²) in [5.41, 5.74) is 3.29. The van der Waals surface area contributed by atoms with E-state index >= 15 is 0 Å². The number of benzene rings is 1. The van der Waals surface area contributed by atoms with Crippen LogP contribution >= 0.6 is 11.3 Å². The fourth-order valence-corrected chi connectivity index (χ4v) is 3.12. The molecule has 0 aliphatic rings. The zero-order valence-electron chi connectivity index (χ0n) is 11.1. The Morgan fingerprint density at radius 2 is 2.10 bits per heavy atom. The highest BCUT2D eigenvalue weighted by Crippen LogP contribution is 2.22. The van der Waals surface area contributed by atoms with E-state index in [0.29, 0.717) is 6.54 Å². The lowest BCUT2D eigenvalue weighted by Crippen LogP contribution is -2.06. The molecule has 0 saturated carbocycles. The van der Waals surface area contributed by atoms with Crippen LogP contribution in [0.25, 0.3) is 4.96 Å². The van der Waals surface area contributed by atoms with Crippen molar-refractivity contribution in [3.63, 3.8) is 0 Å². The van der Waals surface area contributed by atoms with Gasteiger partial charge in [-0.25, -0.2) is 13.8 Å². The third-order valence-corrected chi connectivity index (χ3v) is 4.15. The zero-order chi connectivity index (χ0) is 14.3. The van der Waals surface area contributed by atoms with E-state index in [1.165, 1.54) is 12.1 Å². The van der Waals surface area contributed by atoms with Crippen molar-refractivity contribution < 1.29 is 8.78 Å². The fourth-order valence-electron chi connectivity index (χ4n) is 2.19. The fraction of sp³-hybridized carbons (Fsp3) is 0.214. The largest absolute Gasteiger partial charge is 0.377 e. The molecule has 20 heavy (non-hydrogen) atoms. The van der Waals surface area contributed by atoms with Crippen LogP contribution in [0, 0.1) is 25.5 Å². The number of nitrogens with zero attached hydrogens (tertiary/aromatic N) is 2. The highest BCUT2D eigenvalue weighted by molar-refractivity contribution is 7.15. The number of hydrogen-bond donors (Lipinski definition) is 1. The molecule has 0 aliphatic carbocycles. The number of rotatable bonds is 3. The Balaban J connectivity index is 1.90. The van der Waals surface area contributed by atoms with E-state index in [-0.39, 0.29) is 5.69 Å². The molecule has 6 heteroatoms. The molecule has 3 aromatic rings. The molecule has 0 aliphatic heterocycles. The Labute approximate surface area is 118 Å². The van der Waals surface area contributed by atoms with Gasteiger partial charge in [-0.2, -0.15) is 0 Å². The van der Waals surface area contributed by atoms with E-state index in [4.69, 9.17) is 0 Å². The molecule has 0 atom stereocenters. The minimum Gasteiger partial charge on any atom is -0.377 e. The summed E-state index contributed by atoms with van der Waals surface area (Å²) in [5.74, 6) is -1.17. The normalized spacial score (nSPS) is 11.2. The predicted octanol–water partition coefficient (Wildman–Crippen LogP) is 3.90. The van der Waals surface area contributed by atoms with Gasteiger partial charge >= 0.3 is 0 Å². The van der Waals surface area contributed by atoms with Crippen LogP contribution in [0.1, 0.15) is 17.1 Å². The standard InChI is InChI=1S/C14H13F2N3S/c1-8-7-20-14-18-9(2)13(19(8)14)6-17-12-4-3-10(15)5-11(12)16/h3-5,7,17H,6H2,1-2H3. The maximum Gasteiger partial charge on any atom is 0.194 e. The summed E-state index contributed by atoms with van der Waals surface area (Å²) in [7, 11) is 0. The van der Waals surface area contributed by atoms with Crippen molar-refractivity contribution in [2.75, 3.05) is 5.32 Å². The second-order valence-corrected chi connectivity index (χ2v) is 5.45. The van der Waals surface area contributed by atoms with Gasteiger partial charge in [-0.1, -0.05) is 0 Å². The Morgan fingerprint density at radius 1 is 1.30 bits per heavy atom. The van der Waals surface area contributed by atoms with Gasteiger partial charge in [0.05, 0.1) is 23.6 Å². The quantitative estimate of drug-likeness (QED) is 0.793. The van der Waals surface area contributed by atoms with E-state index in [1.54, 1.807) is 11.3 Å². The van der Waals surface area contributed by atoms with Crippen molar-refractivity contribution in [3.05, 3.63) is 52.3 Å². The molecule has 1 aromatic carbocycles. The molecule has 0 fully saturated rings. The molecule has 0 spiro atoms. The number of aromatic nitrogens is 2. The van der Waals surface area contributed by atoms with Crippen LogP contribution in [0.3, 0.4) is 0 Å². The topological polar surface area (TPSA) is 29.3 Å². The van der Waals surface area contributed by atoms with Crippen LogP contribution in [-0.4, -0.2) is 9.38 Å². The monoisotopic (exact) mass is 293 g/mol. The van der Waals surface area contributed by atoms with Crippen molar-refractivity contribution in [1.82, 2.24) is 9.38 Å². The molecule has 0 amide bonds.